The average molecular weight is 145 g/mol. The van der Waals surface area contributed by atoms with E-state index in [1.807, 2.05) is 0 Å². The van der Waals surface area contributed by atoms with E-state index in [0.29, 0.717) is 13.8 Å². The molecular weight excluding hydrogens is 133 g/mol. The summed E-state index contributed by atoms with van der Waals surface area (Å²) in [6.45, 7) is -0.127. The fourth-order valence-corrected chi connectivity index (χ4v) is 1.13. The lowest BCUT2D eigenvalue weighted by atomic mass is 9.85. The first-order valence-electron chi connectivity index (χ1n) is 3.42. The molecule has 1 aliphatic rings. The molecule has 1 heterocycles. The molecule has 1 fully saturated rings. The van der Waals surface area contributed by atoms with Gasteiger partial charge in [-0.15, -0.1) is 0 Å². The van der Waals surface area contributed by atoms with Crippen LogP contribution >= 0.6 is 0 Å². The molecule has 0 aromatic carbocycles. The number of rotatable bonds is 2. The molecule has 0 amide bonds. The zero-order valence-electron chi connectivity index (χ0n) is 5.73. The number of aliphatic hydroxyl groups is 2. The second kappa shape index (κ2) is 3.34. The molecule has 1 saturated heterocycles. The lowest BCUT2D eigenvalue weighted by Gasteiger charge is -2.09. The summed E-state index contributed by atoms with van der Waals surface area (Å²) in [6, 6.07) is -0.0767. The van der Waals surface area contributed by atoms with E-state index in [-0.39, 0.29) is 12.6 Å². The number of hydrogen-bond acceptors (Lipinski definition) is 4. The predicted octanol–water partition coefficient (Wildman–Crippen LogP) is -2.24. The molecule has 1 aliphatic heterocycles. The Hall–Kier alpha value is -0.0951. The Labute approximate surface area is 60.2 Å². The van der Waals surface area contributed by atoms with Crippen LogP contribution in [0.3, 0.4) is 0 Å². The van der Waals surface area contributed by atoms with Gasteiger partial charge in [0.05, 0.1) is 12.7 Å². The van der Waals surface area contributed by atoms with E-state index in [9.17, 15) is 0 Å². The van der Waals surface area contributed by atoms with E-state index < -0.39 is 12.2 Å². The van der Waals surface area contributed by atoms with Gasteiger partial charge in [0.1, 0.15) is 6.10 Å². The van der Waals surface area contributed by atoms with Crippen molar-refractivity contribution in [2.24, 2.45) is 5.64 Å². The van der Waals surface area contributed by atoms with Gasteiger partial charge in [0.25, 0.3) is 0 Å². The Bertz CT molecular complexity index is 113. The highest BCUT2D eigenvalue weighted by Crippen LogP contribution is 2.17. The normalized spacial score (nSPS) is 40.1. The number of ether oxygens (including phenoxy) is 1. The van der Waals surface area contributed by atoms with Crippen LogP contribution in [-0.4, -0.2) is 42.4 Å². The third kappa shape index (κ3) is 1.49. The van der Waals surface area contributed by atoms with Crippen LogP contribution in [0.15, 0.2) is 0 Å². The van der Waals surface area contributed by atoms with Crippen molar-refractivity contribution in [3.63, 3.8) is 0 Å². The highest BCUT2D eigenvalue weighted by molar-refractivity contribution is 6.32. The SMILES string of the molecule is NB[C@@H]1CC(O)[C@H](CO)O1. The quantitative estimate of drug-likeness (QED) is 0.384. The highest BCUT2D eigenvalue weighted by atomic mass is 16.5. The predicted molar refractivity (Wildman–Crippen MR) is 37.7 cm³/mol. The lowest BCUT2D eigenvalue weighted by molar-refractivity contribution is -0.00477. The minimum atomic E-state index is -0.543. The first-order valence-corrected chi connectivity index (χ1v) is 3.42. The smallest absolute Gasteiger partial charge is 0.231 e. The molecular formula is C5H12BNO3. The maximum Gasteiger partial charge on any atom is 0.231 e. The van der Waals surface area contributed by atoms with Crippen LogP contribution in [-0.2, 0) is 4.74 Å². The van der Waals surface area contributed by atoms with E-state index in [2.05, 4.69) is 0 Å². The van der Waals surface area contributed by atoms with Crippen LogP contribution in [0.2, 0.25) is 0 Å². The van der Waals surface area contributed by atoms with Gasteiger partial charge in [-0.1, -0.05) is 0 Å². The summed E-state index contributed by atoms with van der Waals surface area (Å²) in [5.41, 5.74) is 5.30. The van der Waals surface area contributed by atoms with Gasteiger partial charge >= 0.3 is 0 Å². The second-order valence-corrected chi connectivity index (χ2v) is 2.52. The minimum absolute atomic E-state index is 0.0767. The van der Waals surface area contributed by atoms with E-state index in [4.69, 9.17) is 20.6 Å². The van der Waals surface area contributed by atoms with Gasteiger partial charge in [0.15, 0.2) is 0 Å². The molecule has 5 heteroatoms. The Morgan fingerprint density at radius 1 is 1.70 bits per heavy atom. The van der Waals surface area contributed by atoms with Crippen molar-refractivity contribution in [2.45, 2.75) is 24.6 Å². The zero-order valence-corrected chi connectivity index (χ0v) is 5.73. The second-order valence-electron chi connectivity index (χ2n) is 2.52. The Kier molecular flexibility index (Phi) is 2.68. The Morgan fingerprint density at radius 2 is 2.40 bits per heavy atom. The van der Waals surface area contributed by atoms with E-state index >= 15 is 0 Å². The lowest BCUT2D eigenvalue weighted by Crippen LogP contribution is -2.26. The average Bonchev–Trinajstić information content (AvgIpc) is 2.30. The van der Waals surface area contributed by atoms with Crippen molar-refractivity contribution >= 4 is 7.41 Å². The zero-order chi connectivity index (χ0) is 7.56. The topological polar surface area (TPSA) is 75.7 Å². The summed E-state index contributed by atoms with van der Waals surface area (Å²) in [5, 5.41) is 17.8. The van der Waals surface area contributed by atoms with Gasteiger partial charge < -0.3 is 20.6 Å². The van der Waals surface area contributed by atoms with Crippen molar-refractivity contribution in [3.8, 4) is 0 Å². The van der Waals surface area contributed by atoms with Gasteiger partial charge in [0, 0.05) is 6.00 Å². The van der Waals surface area contributed by atoms with Crippen molar-refractivity contribution in [2.75, 3.05) is 6.61 Å². The summed E-state index contributed by atoms with van der Waals surface area (Å²) in [4.78, 5) is 0. The van der Waals surface area contributed by atoms with Crippen LogP contribution in [0.1, 0.15) is 6.42 Å². The molecule has 3 atom stereocenters. The fourth-order valence-electron chi connectivity index (χ4n) is 1.13. The monoisotopic (exact) mass is 145 g/mol. The minimum Gasteiger partial charge on any atom is -0.394 e. The van der Waals surface area contributed by atoms with Gasteiger partial charge in [-0.2, -0.15) is 0 Å². The van der Waals surface area contributed by atoms with Crippen LogP contribution < -0.4 is 5.64 Å². The molecule has 4 N–H and O–H groups in total. The molecule has 1 rings (SSSR count). The number of hydrogen-bond donors (Lipinski definition) is 3. The molecule has 4 nitrogen and oxygen atoms in total. The Morgan fingerprint density at radius 3 is 2.70 bits per heavy atom. The first-order chi connectivity index (χ1) is 4.77. The van der Waals surface area contributed by atoms with E-state index in [1.165, 1.54) is 0 Å². The van der Waals surface area contributed by atoms with Crippen molar-refractivity contribution in [3.05, 3.63) is 0 Å². The first kappa shape index (κ1) is 8.01. The molecule has 58 valence electrons. The molecule has 0 saturated carbocycles. The number of aliphatic hydroxyl groups excluding tert-OH is 2. The third-order valence-corrected chi connectivity index (χ3v) is 1.74. The van der Waals surface area contributed by atoms with Crippen LogP contribution in [0, 0.1) is 0 Å². The maximum absolute atomic E-state index is 9.15. The summed E-state index contributed by atoms with van der Waals surface area (Å²) in [5.74, 6) is 0. The van der Waals surface area contributed by atoms with Crippen molar-refractivity contribution < 1.29 is 14.9 Å². The number of nitrogens with two attached hydrogens (primary N) is 1. The van der Waals surface area contributed by atoms with Crippen LogP contribution in [0.25, 0.3) is 0 Å². The summed E-state index contributed by atoms with van der Waals surface area (Å²) in [6.07, 6.45) is -0.422. The summed E-state index contributed by atoms with van der Waals surface area (Å²) < 4.78 is 5.15. The van der Waals surface area contributed by atoms with E-state index in [1.54, 1.807) is 0 Å². The Balaban J connectivity index is 2.36. The molecule has 0 radical (unpaired) electrons. The van der Waals surface area contributed by atoms with Crippen molar-refractivity contribution in [1.82, 2.24) is 0 Å². The molecule has 0 bridgehead atoms. The summed E-state index contributed by atoms with van der Waals surface area (Å²) >= 11 is 0. The van der Waals surface area contributed by atoms with Gasteiger partial charge in [0.2, 0.25) is 7.41 Å². The molecule has 0 aromatic rings. The standard InChI is InChI=1S/C5H12BNO3/c7-6-5-1-3(9)4(2-8)10-5/h3-6,8-9H,1-2,7H2/t3?,4-,5-/m0/s1. The molecule has 0 aliphatic carbocycles. The van der Waals surface area contributed by atoms with Gasteiger partial charge in [-0.25, -0.2) is 0 Å². The van der Waals surface area contributed by atoms with Crippen LogP contribution in [0.5, 0.6) is 0 Å². The molecule has 0 aromatic heterocycles. The highest BCUT2D eigenvalue weighted by Gasteiger charge is 2.32. The van der Waals surface area contributed by atoms with Gasteiger partial charge in [-0.3, -0.25) is 0 Å². The van der Waals surface area contributed by atoms with Crippen LogP contribution in [0.4, 0.5) is 0 Å². The van der Waals surface area contributed by atoms with Gasteiger partial charge in [-0.05, 0) is 6.42 Å². The molecule has 1 unspecified atom stereocenters. The maximum atomic E-state index is 9.15. The third-order valence-electron chi connectivity index (χ3n) is 1.74. The fraction of sp³-hybridized carbons (Fsp3) is 1.00. The largest absolute Gasteiger partial charge is 0.394 e. The summed E-state index contributed by atoms with van der Waals surface area (Å²) in [7, 11) is 0.410. The molecule has 0 spiro atoms. The molecule has 10 heavy (non-hydrogen) atoms. The van der Waals surface area contributed by atoms with Crippen molar-refractivity contribution in [1.29, 1.82) is 0 Å². The van der Waals surface area contributed by atoms with E-state index in [0.717, 1.165) is 0 Å².